The van der Waals surface area contributed by atoms with Crippen LogP contribution in [0.25, 0.3) is 0 Å². The van der Waals surface area contributed by atoms with E-state index in [1.54, 1.807) is 91.0 Å². The molecule has 5 atom stereocenters. The number of ether oxygens (including phenoxy) is 6. The lowest BCUT2D eigenvalue weighted by Crippen LogP contribution is -2.63. The van der Waals surface area contributed by atoms with E-state index >= 15 is 0 Å². The number of carbonyl (C=O) groups excluding carboxylic acids is 3. The normalized spacial score (nSPS) is 19.0. The van der Waals surface area contributed by atoms with Crippen LogP contribution < -0.4 is 0 Å². The highest BCUT2D eigenvalue weighted by atomic mass is 16.7. The van der Waals surface area contributed by atoms with Gasteiger partial charge in [-0.15, -0.1) is 6.58 Å². The van der Waals surface area contributed by atoms with E-state index in [4.69, 9.17) is 28.4 Å². The average Bonchev–Trinajstić information content (AvgIpc) is 3.29. The monoisotopic (exact) mass is 774 g/mol. The van der Waals surface area contributed by atoms with Gasteiger partial charge in [0.2, 0.25) is 0 Å². The molecule has 0 saturated carbocycles. The fourth-order valence-electron chi connectivity index (χ4n) is 6.98. The van der Waals surface area contributed by atoms with Crippen molar-refractivity contribution in [2.24, 2.45) is 0 Å². The lowest BCUT2D eigenvalue weighted by molar-refractivity contribution is -0.300. The van der Waals surface area contributed by atoms with Gasteiger partial charge in [-0.25, -0.2) is 14.4 Å². The summed E-state index contributed by atoms with van der Waals surface area (Å²) in [5.74, 6) is -2.20. The molecule has 0 N–H and O–H groups in total. The average molecular weight is 775 g/mol. The lowest BCUT2D eigenvalue weighted by Gasteiger charge is -2.45. The molecule has 9 nitrogen and oxygen atoms in total. The third-order valence-corrected chi connectivity index (χ3v) is 9.73. The zero-order valence-electron chi connectivity index (χ0n) is 31.6. The first-order chi connectivity index (χ1) is 28.5. The third-order valence-electron chi connectivity index (χ3n) is 9.73. The highest BCUT2D eigenvalue weighted by Gasteiger charge is 2.54. The molecule has 58 heavy (non-hydrogen) atoms. The summed E-state index contributed by atoms with van der Waals surface area (Å²) in [5, 5.41) is 0. The molecular formula is C49H42O9. The molecule has 1 unspecified atom stereocenters. The minimum atomic E-state index is -1.45. The summed E-state index contributed by atoms with van der Waals surface area (Å²) < 4.78 is 38.7. The van der Waals surface area contributed by atoms with E-state index in [9.17, 15) is 14.4 Å². The Morgan fingerprint density at radius 3 is 1.22 bits per heavy atom. The van der Waals surface area contributed by atoms with Crippen molar-refractivity contribution in [3.8, 4) is 0 Å². The van der Waals surface area contributed by atoms with Crippen LogP contribution in [-0.4, -0.2) is 61.8 Å². The Morgan fingerprint density at radius 2 is 0.845 bits per heavy atom. The molecule has 0 amide bonds. The van der Waals surface area contributed by atoms with Gasteiger partial charge in [0.05, 0.1) is 29.9 Å². The van der Waals surface area contributed by atoms with Crippen molar-refractivity contribution in [2.45, 2.75) is 36.3 Å². The molecule has 6 aromatic carbocycles. The second kappa shape index (κ2) is 19.0. The molecule has 1 aliphatic heterocycles. The lowest BCUT2D eigenvalue weighted by atomic mass is 9.80. The number of hydrogen-bond acceptors (Lipinski definition) is 9. The molecule has 0 spiro atoms. The maximum atomic E-state index is 14.0. The van der Waals surface area contributed by atoms with Gasteiger partial charge in [-0.05, 0) is 53.1 Å². The van der Waals surface area contributed by atoms with Gasteiger partial charge in [-0.3, -0.25) is 0 Å². The van der Waals surface area contributed by atoms with Gasteiger partial charge >= 0.3 is 17.9 Å². The summed E-state index contributed by atoms with van der Waals surface area (Å²) in [4.78, 5) is 41.8. The van der Waals surface area contributed by atoms with Crippen LogP contribution in [-0.2, 0) is 34.0 Å². The first-order valence-electron chi connectivity index (χ1n) is 18.9. The van der Waals surface area contributed by atoms with Crippen LogP contribution in [0.5, 0.6) is 0 Å². The second-order valence-corrected chi connectivity index (χ2v) is 13.5. The van der Waals surface area contributed by atoms with Crippen molar-refractivity contribution in [1.29, 1.82) is 0 Å². The summed E-state index contributed by atoms with van der Waals surface area (Å²) in [6, 6.07) is 54.4. The minimum Gasteiger partial charge on any atom is -0.452 e. The standard InChI is InChI=1S/C49H42O9/c1-2-33-53-48-44(58-47(52)37-25-13-5-14-26-37)43(57-46(51)36-23-11-4-12-24-36)42(56-45(50)35-21-9-3-10-22-35)41(55-48)34-54-49(38-27-15-6-16-28-38,39-29-17-7-18-30-39)40-31-19-8-20-32-40/h2-32,41-44,48H,1,33-34H2/t41-,42+,43-,44+,48?/m0/s1. The molecule has 292 valence electrons. The van der Waals surface area contributed by atoms with E-state index in [1.165, 1.54) is 6.08 Å². The van der Waals surface area contributed by atoms with Gasteiger partial charge in [0.1, 0.15) is 11.7 Å². The van der Waals surface area contributed by atoms with E-state index < -0.39 is 54.2 Å². The Morgan fingerprint density at radius 1 is 0.500 bits per heavy atom. The van der Waals surface area contributed by atoms with Crippen LogP contribution in [0, 0.1) is 0 Å². The topological polar surface area (TPSA) is 107 Å². The molecule has 1 saturated heterocycles. The molecule has 0 radical (unpaired) electrons. The second-order valence-electron chi connectivity index (χ2n) is 13.5. The Hall–Kier alpha value is -6.65. The van der Waals surface area contributed by atoms with Crippen LogP contribution >= 0.6 is 0 Å². The number of esters is 3. The third kappa shape index (κ3) is 8.98. The summed E-state index contributed by atoms with van der Waals surface area (Å²) in [7, 11) is 0. The van der Waals surface area contributed by atoms with Crippen LogP contribution in [0.4, 0.5) is 0 Å². The van der Waals surface area contributed by atoms with Crippen LogP contribution in [0.1, 0.15) is 47.8 Å². The zero-order chi connectivity index (χ0) is 40.2. The molecule has 7 rings (SSSR count). The Bertz CT molecular complexity index is 2140. The fourth-order valence-corrected chi connectivity index (χ4v) is 6.98. The molecular weight excluding hydrogens is 733 g/mol. The first-order valence-corrected chi connectivity index (χ1v) is 18.9. The van der Waals surface area contributed by atoms with Crippen LogP contribution in [0.2, 0.25) is 0 Å². The van der Waals surface area contributed by atoms with Crippen molar-refractivity contribution >= 4 is 17.9 Å². The Kier molecular flexibility index (Phi) is 13.0. The van der Waals surface area contributed by atoms with Crippen molar-refractivity contribution in [3.05, 3.63) is 228 Å². The van der Waals surface area contributed by atoms with Gasteiger partial charge in [0.15, 0.2) is 24.6 Å². The fraction of sp³-hybridized carbons (Fsp3) is 0.163. The van der Waals surface area contributed by atoms with Crippen molar-refractivity contribution < 1.29 is 42.8 Å². The SMILES string of the molecule is C=CCOC1O[C@@H](COC(c2ccccc2)(c2ccccc2)c2ccccc2)[C@@H](OC(=O)c2ccccc2)[C@H](OC(=O)c2ccccc2)[C@H]1OC(=O)c1ccccc1. The van der Waals surface area contributed by atoms with Gasteiger partial charge < -0.3 is 28.4 Å². The number of benzene rings is 6. The van der Waals surface area contributed by atoms with Crippen molar-refractivity contribution in [2.75, 3.05) is 13.2 Å². The molecule has 9 heteroatoms. The molecule has 0 aliphatic carbocycles. The number of rotatable bonds is 15. The van der Waals surface area contributed by atoms with Crippen LogP contribution in [0.3, 0.4) is 0 Å². The quantitative estimate of drug-likeness (QED) is 0.0439. The Labute approximate surface area is 337 Å². The van der Waals surface area contributed by atoms with Gasteiger partial charge in [0, 0.05) is 0 Å². The predicted octanol–water partition coefficient (Wildman–Crippen LogP) is 8.60. The first kappa shape index (κ1) is 39.6. The highest BCUT2D eigenvalue weighted by molar-refractivity contribution is 5.91. The number of hydrogen-bond donors (Lipinski definition) is 0. The van der Waals surface area contributed by atoms with Gasteiger partial charge in [0.25, 0.3) is 0 Å². The van der Waals surface area contributed by atoms with Gasteiger partial charge in [-0.2, -0.15) is 0 Å². The molecule has 6 aromatic rings. The van der Waals surface area contributed by atoms with Crippen molar-refractivity contribution in [1.82, 2.24) is 0 Å². The maximum absolute atomic E-state index is 14.0. The maximum Gasteiger partial charge on any atom is 0.338 e. The van der Waals surface area contributed by atoms with E-state index in [0.717, 1.165) is 16.7 Å². The molecule has 0 bridgehead atoms. The smallest absolute Gasteiger partial charge is 0.338 e. The summed E-state index contributed by atoms with van der Waals surface area (Å²) in [6.45, 7) is 3.55. The predicted molar refractivity (Wildman–Crippen MR) is 217 cm³/mol. The zero-order valence-corrected chi connectivity index (χ0v) is 31.6. The van der Waals surface area contributed by atoms with Crippen molar-refractivity contribution in [3.63, 3.8) is 0 Å². The number of carbonyl (C=O) groups is 3. The molecule has 1 fully saturated rings. The molecule has 1 heterocycles. The van der Waals surface area contributed by atoms with E-state index in [-0.39, 0.29) is 29.9 Å². The molecule has 1 aliphatic rings. The summed E-state index contributed by atoms with van der Waals surface area (Å²) in [5.41, 5.74) is 1.96. The summed E-state index contributed by atoms with van der Waals surface area (Å²) >= 11 is 0. The summed E-state index contributed by atoms with van der Waals surface area (Å²) in [6.07, 6.45) is -5.24. The minimum absolute atomic E-state index is 0.0204. The highest BCUT2D eigenvalue weighted by Crippen LogP contribution is 2.42. The van der Waals surface area contributed by atoms with Gasteiger partial charge in [-0.1, -0.05) is 152 Å². The molecule has 0 aromatic heterocycles. The largest absolute Gasteiger partial charge is 0.452 e. The van der Waals surface area contributed by atoms with E-state index in [1.807, 2.05) is 91.0 Å². The van der Waals surface area contributed by atoms with E-state index in [0.29, 0.717) is 0 Å². The van der Waals surface area contributed by atoms with Crippen LogP contribution in [0.15, 0.2) is 195 Å². The Balaban J connectivity index is 1.35. The van der Waals surface area contributed by atoms with E-state index in [2.05, 4.69) is 6.58 Å².